The number of hydrogen-bond acceptors (Lipinski definition) is 3. The number of carboxylic acids is 1. The fourth-order valence-corrected chi connectivity index (χ4v) is 3.02. The first-order valence-corrected chi connectivity index (χ1v) is 7.09. The Hall–Kier alpha value is -1.54. The van der Waals surface area contributed by atoms with E-state index < -0.39 is 11.5 Å². The number of rotatable bonds is 6. The van der Waals surface area contributed by atoms with E-state index in [1.165, 1.54) is 0 Å². The molecule has 0 aromatic rings. The lowest BCUT2D eigenvalue weighted by Gasteiger charge is -2.46. The van der Waals surface area contributed by atoms with E-state index in [1.807, 2.05) is 11.9 Å². The number of likely N-dealkylation sites (N-methyl/N-ethyl adjacent to an activating group) is 1. The summed E-state index contributed by atoms with van der Waals surface area (Å²) in [5, 5.41) is 11.8. The molecule has 2 N–H and O–H groups in total. The molecule has 0 aromatic carbocycles. The van der Waals surface area contributed by atoms with Crippen LogP contribution < -0.4 is 5.32 Å². The molecule has 0 bridgehead atoms. The summed E-state index contributed by atoms with van der Waals surface area (Å²) in [5.41, 5.74) is -0.420. The largest absolute Gasteiger partial charge is 0.481 e. The molecule has 0 radical (unpaired) electrons. The standard InChI is InChI=1S/C15H24N2O3/c1-4-10-16-14(20)12(2)17(3)15(11-13(18)19)8-6-5-7-9-15/h1,12H,5-11H2,2-3H3,(H,16,20)(H,18,19). The number of hydrogen-bond donors (Lipinski definition) is 2. The van der Waals surface area contributed by atoms with Crippen LogP contribution in [0.5, 0.6) is 0 Å². The lowest BCUT2D eigenvalue weighted by atomic mass is 9.77. The minimum absolute atomic E-state index is 0.0796. The molecule has 5 nitrogen and oxygen atoms in total. The summed E-state index contributed by atoms with van der Waals surface area (Å²) in [5.74, 6) is 1.41. The minimum Gasteiger partial charge on any atom is -0.481 e. The highest BCUT2D eigenvalue weighted by Gasteiger charge is 2.41. The topological polar surface area (TPSA) is 69.6 Å². The van der Waals surface area contributed by atoms with E-state index >= 15 is 0 Å². The Labute approximate surface area is 120 Å². The van der Waals surface area contributed by atoms with Crippen molar-refractivity contribution < 1.29 is 14.7 Å². The number of terminal acetylenes is 1. The third-order valence-electron chi connectivity index (χ3n) is 4.34. The van der Waals surface area contributed by atoms with Crippen LogP contribution in [0.1, 0.15) is 45.4 Å². The maximum Gasteiger partial charge on any atom is 0.305 e. The molecule has 0 heterocycles. The Bertz CT molecular complexity index is 394. The van der Waals surface area contributed by atoms with Crippen LogP contribution in [0.3, 0.4) is 0 Å². The number of nitrogens with one attached hydrogen (secondary N) is 1. The van der Waals surface area contributed by atoms with E-state index in [2.05, 4.69) is 11.2 Å². The van der Waals surface area contributed by atoms with E-state index in [0.29, 0.717) is 0 Å². The Kier molecular flexibility index (Phi) is 6.03. The van der Waals surface area contributed by atoms with Crippen molar-refractivity contribution in [1.29, 1.82) is 0 Å². The molecule has 1 fully saturated rings. The van der Waals surface area contributed by atoms with Crippen LogP contribution >= 0.6 is 0 Å². The van der Waals surface area contributed by atoms with Gasteiger partial charge in [0, 0.05) is 5.54 Å². The summed E-state index contributed by atoms with van der Waals surface area (Å²) < 4.78 is 0. The van der Waals surface area contributed by atoms with Crippen LogP contribution in [0, 0.1) is 12.3 Å². The van der Waals surface area contributed by atoms with Gasteiger partial charge in [0.2, 0.25) is 5.91 Å². The zero-order chi connectivity index (χ0) is 15.2. The molecule has 1 amide bonds. The minimum atomic E-state index is -0.810. The van der Waals surface area contributed by atoms with Crippen molar-refractivity contribution in [2.24, 2.45) is 0 Å². The van der Waals surface area contributed by atoms with Crippen molar-refractivity contribution >= 4 is 11.9 Å². The van der Waals surface area contributed by atoms with Crippen LogP contribution in [-0.4, -0.2) is 47.1 Å². The quantitative estimate of drug-likeness (QED) is 0.718. The zero-order valence-electron chi connectivity index (χ0n) is 12.3. The number of carbonyl (C=O) groups is 2. The highest BCUT2D eigenvalue weighted by Crippen LogP contribution is 2.36. The Morgan fingerprint density at radius 2 is 2.00 bits per heavy atom. The molecule has 0 saturated heterocycles. The summed E-state index contributed by atoms with van der Waals surface area (Å²) in [6, 6.07) is -0.388. The van der Waals surface area contributed by atoms with Gasteiger partial charge in [-0.25, -0.2) is 0 Å². The summed E-state index contributed by atoms with van der Waals surface area (Å²) in [7, 11) is 1.84. The first kappa shape index (κ1) is 16.5. The summed E-state index contributed by atoms with van der Waals surface area (Å²) >= 11 is 0. The summed E-state index contributed by atoms with van der Waals surface area (Å²) in [4.78, 5) is 25.1. The van der Waals surface area contributed by atoms with Gasteiger partial charge in [0.15, 0.2) is 0 Å². The van der Waals surface area contributed by atoms with Gasteiger partial charge in [0.25, 0.3) is 0 Å². The normalized spacial score (nSPS) is 19.1. The van der Waals surface area contributed by atoms with Crippen LogP contribution in [0.4, 0.5) is 0 Å². The van der Waals surface area contributed by atoms with Crippen molar-refractivity contribution in [3.05, 3.63) is 0 Å². The van der Waals surface area contributed by atoms with Crippen molar-refractivity contribution in [1.82, 2.24) is 10.2 Å². The Morgan fingerprint density at radius 3 is 2.50 bits per heavy atom. The average Bonchev–Trinajstić information content (AvgIpc) is 2.43. The smallest absolute Gasteiger partial charge is 0.305 e. The van der Waals surface area contributed by atoms with Gasteiger partial charge in [-0.2, -0.15) is 0 Å². The fraction of sp³-hybridized carbons (Fsp3) is 0.733. The van der Waals surface area contributed by atoms with Crippen molar-refractivity contribution in [3.8, 4) is 12.3 Å². The predicted octanol–water partition coefficient (Wildman–Crippen LogP) is 1.23. The number of carbonyl (C=O) groups excluding carboxylic acids is 1. The van der Waals surface area contributed by atoms with Gasteiger partial charge >= 0.3 is 5.97 Å². The van der Waals surface area contributed by atoms with Crippen LogP contribution in [0.15, 0.2) is 0 Å². The third-order valence-corrected chi connectivity index (χ3v) is 4.34. The van der Waals surface area contributed by atoms with Crippen molar-refractivity contribution in [2.75, 3.05) is 13.6 Å². The van der Waals surface area contributed by atoms with Crippen molar-refractivity contribution in [3.63, 3.8) is 0 Å². The van der Waals surface area contributed by atoms with E-state index in [9.17, 15) is 14.7 Å². The maximum atomic E-state index is 12.0. The number of nitrogens with zero attached hydrogens (tertiary/aromatic N) is 1. The predicted molar refractivity (Wildman–Crippen MR) is 77.1 cm³/mol. The van der Waals surface area contributed by atoms with Gasteiger partial charge in [-0.05, 0) is 26.8 Å². The van der Waals surface area contributed by atoms with E-state index in [4.69, 9.17) is 6.42 Å². The summed E-state index contributed by atoms with van der Waals surface area (Å²) in [6.07, 6.45) is 10.0. The first-order chi connectivity index (χ1) is 9.43. The number of aliphatic carboxylic acids is 1. The van der Waals surface area contributed by atoms with Crippen LogP contribution in [-0.2, 0) is 9.59 Å². The van der Waals surface area contributed by atoms with Gasteiger partial charge in [-0.15, -0.1) is 6.42 Å². The zero-order valence-corrected chi connectivity index (χ0v) is 12.3. The third kappa shape index (κ3) is 3.97. The molecular weight excluding hydrogens is 256 g/mol. The van der Waals surface area contributed by atoms with Gasteiger partial charge < -0.3 is 10.4 Å². The summed E-state index contributed by atoms with van der Waals surface area (Å²) in [6.45, 7) is 1.99. The van der Waals surface area contributed by atoms with Crippen LogP contribution in [0.2, 0.25) is 0 Å². The molecule has 1 aliphatic rings. The van der Waals surface area contributed by atoms with E-state index in [0.717, 1.165) is 32.1 Å². The molecule has 112 valence electrons. The highest BCUT2D eigenvalue weighted by atomic mass is 16.4. The lowest BCUT2D eigenvalue weighted by Crippen LogP contribution is -2.57. The van der Waals surface area contributed by atoms with Gasteiger partial charge in [-0.1, -0.05) is 25.2 Å². The van der Waals surface area contributed by atoms with Crippen LogP contribution in [0.25, 0.3) is 0 Å². The lowest BCUT2D eigenvalue weighted by molar-refractivity contribution is -0.143. The Morgan fingerprint density at radius 1 is 1.40 bits per heavy atom. The molecule has 20 heavy (non-hydrogen) atoms. The monoisotopic (exact) mass is 280 g/mol. The maximum absolute atomic E-state index is 12.0. The Balaban J connectivity index is 2.81. The molecule has 0 aromatic heterocycles. The SMILES string of the molecule is C#CCNC(=O)C(C)N(C)C1(CC(=O)O)CCCCC1. The second-order valence-corrected chi connectivity index (χ2v) is 5.56. The molecule has 1 aliphatic carbocycles. The molecule has 1 atom stereocenters. The molecule has 0 spiro atoms. The number of carboxylic acid groups (broad SMARTS) is 1. The molecule has 1 unspecified atom stereocenters. The van der Waals surface area contributed by atoms with E-state index in [-0.39, 0.29) is 24.9 Å². The van der Waals surface area contributed by atoms with E-state index in [1.54, 1.807) is 6.92 Å². The molecule has 1 saturated carbocycles. The molecular formula is C15H24N2O3. The average molecular weight is 280 g/mol. The molecule has 5 heteroatoms. The van der Waals surface area contributed by atoms with Gasteiger partial charge in [0.1, 0.15) is 0 Å². The van der Waals surface area contributed by atoms with Crippen molar-refractivity contribution in [2.45, 2.75) is 57.0 Å². The second-order valence-electron chi connectivity index (χ2n) is 5.56. The second kappa shape index (κ2) is 7.30. The van der Waals surface area contributed by atoms with Gasteiger partial charge in [0.05, 0.1) is 19.0 Å². The van der Waals surface area contributed by atoms with Gasteiger partial charge in [-0.3, -0.25) is 14.5 Å². The molecule has 0 aliphatic heterocycles. The number of amides is 1. The fourth-order valence-electron chi connectivity index (χ4n) is 3.02. The molecule has 1 rings (SSSR count). The highest BCUT2D eigenvalue weighted by molar-refractivity contribution is 5.81. The first-order valence-electron chi connectivity index (χ1n) is 7.09.